The minimum atomic E-state index is -3.94. The predicted octanol–water partition coefficient (Wildman–Crippen LogP) is 0.730. The van der Waals surface area contributed by atoms with Crippen molar-refractivity contribution in [1.29, 1.82) is 0 Å². The molecule has 1 aliphatic carbocycles. The second-order valence-corrected chi connectivity index (χ2v) is 6.94. The zero-order valence-corrected chi connectivity index (χ0v) is 12.2. The molecule has 21 heavy (non-hydrogen) atoms. The van der Waals surface area contributed by atoms with E-state index >= 15 is 0 Å². The smallest absolute Gasteiger partial charge is 0.243 e. The fourth-order valence-corrected chi connectivity index (χ4v) is 3.88. The van der Waals surface area contributed by atoms with Crippen LogP contribution in [-0.2, 0) is 14.8 Å². The molecule has 0 saturated heterocycles. The Balaban J connectivity index is 2.07. The van der Waals surface area contributed by atoms with Crippen molar-refractivity contribution in [3.63, 3.8) is 0 Å². The number of amides is 1. The summed E-state index contributed by atoms with van der Waals surface area (Å²) in [7, 11) is -3.94. The Kier molecular flexibility index (Phi) is 4.48. The van der Waals surface area contributed by atoms with E-state index in [1.54, 1.807) is 0 Å². The van der Waals surface area contributed by atoms with Crippen LogP contribution in [0.2, 0.25) is 0 Å². The molecule has 0 radical (unpaired) electrons. The van der Waals surface area contributed by atoms with Gasteiger partial charge in [0.05, 0.1) is 0 Å². The van der Waals surface area contributed by atoms with E-state index in [0.717, 1.165) is 12.1 Å². The summed E-state index contributed by atoms with van der Waals surface area (Å²) in [4.78, 5) is 10.6. The number of nitrogen functional groups attached to an aromatic ring is 1. The zero-order valence-electron chi connectivity index (χ0n) is 11.4. The Morgan fingerprint density at radius 2 is 1.86 bits per heavy atom. The summed E-state index contributed by atoms with van der Waals surface area (Å²) in [6, 6.07) is 3.13. The maximum absolute atomic E-state index is 13.7. The van der Waals surface area contributed by atoms with Gasteiger partial charge in [0.2, 0.25) is 15.9 Å². The summed E-state index contributed by atoms with van der Waals surface area (Å²) < 4.78 is 40.5. The number of primary amides is 1. The van der Waals surface area contributed by atoms with Crippen molar-refractivity contribution < 1.29 is 17.6 Å². The lowest BCUT2D eigenvalue weighted by atomic mass is 9.86. The highest BCUT2D eigenvalue weighted by molar-refractivity contribution is 7.89. The lowest BCUT2D eigenvalue weighted by molar-refractivity contribution is -0.122. The molecule has 5 N–H and O–H groups in total. The van der Waals surface area contributed by atoms with Gasteiger partial charge in [0.15, 0.2) is 0 Å². The Hall–Kier alpha value is -1.67. The van der Waals surface area contributed by atoms with Gasteiger partial charge >= 0.3 is 0 Å². The molecule has 0 unspecified atom stereocenters. The van der Waals surface area contributed by atoms with E-state index in [4.69, 9.17) is 11.5 Å². The van der Waals surface area contributed by atoms with Gasteiger partial charge in [-0.25, -0.2) is 17.5 Å². The molecule has 0 aliphatic heterocycles. The third-order valence-corrected chi connectivity index (χ3v) is 5.25. The van der Waals surface area contributed by atoms with Gasteiger partial charge in [-0.1, -0.05) is 0 Å². The van der Waals surface area contributed by atoms with Crippen LogP contribution in [0.1, 0.15) is 25.7 Å². The van der Waals surface area contributed by atoms with E-state index in [2.05, 4.69) is 4.72 Å². The normalized spacial score (nSPS) is 22.9. The van der Waals surface area contributed by atoms with Gasteiger partial charge in [-0.15, -0.1) is 0 Å². The SMILES string of the molecule is NC(=O)C1CCC(NS(=O)(=O)c2ccc(N)cc2F)CC1. The van der Waals surface area contributed by atoms with Crippen LogP contribution in [0.3, 0.4) is 0 Å². The third-order valence-electron chi connectivity index (χ3n) is 3.70. The van der Waals surface area contributed by atoms with Gasteiger partial charge < -0.3 is 11.5 Å². The van der Waals surface area contributed by atoms with Gasteiger partial charge in [-0.2, -0.15) is 0 Å². The van der Waals surface area contributed by atoms with Crippen molar-refractivity contribution in [2.75, 3.05) is 5.73 Å². The molecule has 2 rings (SSSR count). The molecule has 1 aromatic carbocycles. The van der Waals surface area contributed by atoms with E-state index in [1.165, 1.54) is 6.07 Å². The molecule has 1 saturated carbocycles. The summed E-state index contributed by atoms with van der Waals surface area (Å²) in [6.45, 7) is 0. The Labute approximate surface area is 122 Å². The fourth-order valence-electron chi connectivity index (χ4n) is 2.51. The zero-order chi connectivity index (χ0) is 15.6. The average molecular weight is 315 g/mol. The van der Waals surface area contributed by atoms with Crippen molar-refractivity contribution in [2.45, 2.75) is 36.6 Å². The largest absolute Gasteiger partial charge is 0.399 e. The fraction of sp³-hybridized carbons (Fsp3) is 0.462. The van der Waals surface area contributed by atoms with E-state index in [9.17, 15) is 17.6 Å². The van der Waals surface area contributed by atoms with E-state index in [1.807, 2.05) is 0 Å². The van der Waals surface area contributed by atoms with Crippen LogP contribution in [0.25, 0.3) is 0 Å². The number of carbonyl (C=O) groups is 1. The van der Waals surface area contributed by atoms with Crippen LogP contribution < -0.4 is 16.2 Å². The van der Waals surface area contributed by atoms with Crippen molar-refractivity contribution >= 4 is 21.6 Å². The molecule has 6 nitrogen and oxygen atoms in total. The molecular formula is C13H18FN3O3S. The molecule has 116 valence electrons. The number of sulfonamides is 1. The van der Waals surface area contributed by atoms with Gasteiger partial charge in [-0.05, 0) is 43.9 Å². The highest BCUT2D eigenvalue weighted by Crippen LogP contribution is 2.26. The number of rotatable bonds is 4. The van der Waals surface area contributed by atoms with Crippen molar-refractivity contribution in [2.24, 2.45) is 11.7 Å². The Morgan fingerprint density at radius 3 is 2.38 bits per heavy atom. The van der Waals surface area contributed by atoms with E-state index < -0.39 is 20.7 Å². The molecule has 0 atom stereocenters. The first-order chi connectivity index (χ1) is 9.79. The number of nitrogens with two attached hydrogens (primary N) is 2. The molecule has 1 fully saturated rings. The van der Waals surface area contributed by atoms with Gasteiger partial charge in [0.25, 0.3) is 0 Å². The van der Waals surface area contributed by atoms with Crippen molar-refractivity contribution in [3.05, 3.63) is 24.0 Å². The molecule has 8 heteroatoms. The van der Waals surface area contributed by atoms with Crippen LogP contribution in [0.15, 0.2) is 23.1 Å². The van der Waals surface area contributed by atoms with Crippen molar-refractivity contribution in [3.8, 4) is 0 Å². The highest BCUT2D eigenvalue weighted by Gasteiger charge is 2.29. The molecule has 1 amide bonds. The van der Waals surface area contributed by atoms with Crippen LogP contribution in [-0.4, -0.2) is 20.4 Å². The van der Waals surface area contributed by atoms with E-state index in [-0.39, 0.29) is 23.6 Å². The number of benzene rings is 1. The van der Waals surface area contributed by atoms with Crippen LogP contribution in [0.5, 0.6) is 0 Å². The first-order valence-electron chi connectivity index (χ1n) is 6.66. The van der Waals surface area contributed by atoms with Crippen LogP contribution in [0, 0.1) is 11.7 Å². The summed E-state index contributed by atoms with van der Waals surface area (Å²) in [5.74, 6) is -1.45. The minimum absolute atomic E-state index is 0.161. The predicted molar refractivity (Wildman–Crippen MR) is 76.1 cm³/mol. The molecule has 1 aliphatic rings. The monoisotopic (exact) mass is 315 g/mol. The maximum atomic E-state index is 13.7. The van der Waals surface area contributed by atoms with Gasteiger partial charge in [0.1, 0.15) is 10.7 Å². The molecule has 0 heterocycles. The minimum Gasteiger partial charge on any atom is -0.399 e. The first kappa shape index (κ1) is 15.7. The first-order valence-corrected chi connectivity index (χ1v) is 8.14. The standard InChI is InChI=1S/C13H18FN3O3S/c14-11-7-9(15)3-6-12(11)21(19,20)17-10-4-1-8(2-5-10)13(16)18/h3,6-8,10,17H,1-2,4-5,15H2,(H2,16,18). The second kappa shape index (κ2) is 5.98. The number of halogens is 1. The van der Waals surface area contributed by atoms with Crippen LogP contribution >= 0.6 is 0 Å². The molecule has 0 bridgehead atoms. The Morgan fingerprint density at radius 1 is 1.24 bits per heavy atom. The third kappa shape index (κ3) is 3.70. The molecule has 0 spiro atoms. The van der Waals surface area contributed by atoms with Gasteiger partial charge in [0, 0.05) is 17.6 Å². The summed E-state index contributed by atoms with van der Waals surface area (Å²) >= 11 is 0. The summed E-state index contributed by atoms with van der Waals surface area (Å²) in [6.07, 6.45) is 2.08. The topological polar surface area (TPSA) is 115 Å². The summed E-state index contributed by atoms with van der Waals surface area (Å²) in [5, 5.41) is 0. The lowest BCUT2D eigenvalue weighted by Crippen LogP contribution is -2.39. The summed E-state index contributed by atoms with van der Waals surface area (Å²) in [5.41, 5.74) is 10.8. The quantitative estimate of drug-likeness (QED) is 0.710. The number of hydrogen-bond acceptors (Lipinski definition) is 4. The molecule has 0 aromatic heterocycles. The molecule has 1 aromatic rings. The van der Waals surface area contributed by atoms with Gasteiger partial charge in [-0.3, -0.25) is 4.79 Å². The molecular weight excluding hydrogens is 297 g/mol. The van der Waals surface area contributed by atoms with Crippen LogP contribution in [0.4, 0.5) is 10.1 Å². The average Bonchev–Trinajstić information content (AvgIpc) is 2.38. The number of anilines is 1. The highest BCUT2D eigenvalue weighted by atomic mass is 32.2. The maximum Gasteiger partial charge on any atom is 0.243 e. The number of carbonyl (C=O) groups excluding carboxylic acids is 1. The lowest BCUT2D eigenvalue weighted by Gasteiger charge is -2.27. The number of nitrogens with one attached hydrogen (secondary N) is 1. The van der Waals surface area contributed by atoms with Crippen molar-refractivity contribution in [1.82, 2.24) is 4.72 Å². The van der Waals surface area contributed by atoms with E-state index in [0.29, 0.717) is 25.7 Å². The number of hydrogen-bond donors (Lipinski definition) is 3. The Bertz CT molecular complexity index is 640. The second-order valence-electron chi connectivity index (χ2n) is 5.26.